The summed E-state index contributed by atoms with van der Waals surface area (Å²) in [5.41, 5.74) is 2.16. The first-order chi connectivity index (χ1) is 9.99. The third-order valence-electron chi connectivity index (χ3n) is 3.18. The van der Waals surface area contributed by atoms with Gasteiger partial charge in [-0.25, -0.2) is 9.59 Å². The molecule has 0 aliphatic carbocycles. The minimum Gasteiger partial charge on any atom is -0.478 e. The molecule has 110 valence electrons. The summed E-state index contributed by atoms with van der Waals surface area (Å²) in [6.45, 7) is 2.22. The maximum Gasteiger partial charge on any atom is 0.337 e. The van der Waals surface area contributed by atoms with Gasteiger partial charge in [0.05, 0.1) is 17.4 Å². The summed E-state index contributed by atoms with van der Waals surface area (Å²) in [6, 6.07) is 5.77. The van der Waals surface area contributed by atoms with E-state index in [0.29, 0.717) is 6.54 Å². The molecule has 0 saturated heterocycles. The number of para-hydroxylation sites is 1. The van der Waals surface area contributed by atoms with Crippen molar-refractivity contribution in [1.29, 1.82) is 0 Å². The second kappa shape index (κ2) is 6.08. The highest BCUT2D eigenvalue weighted by molar-refractivity contribution is 5.99. The highest BCUT2D eigenvalue weighted by atomic mass is 16.4. The third kappa shape index (κ3) is 3.38. The van der Waals surface area contributed by atoms with E-state index < -0.39 is 12.0 Å². The molecule has 2 amide bonds. The number of hydrogen-bond acceptors (Lipinski definition) is 3. The topological polar surface area (TPSA) is 96.2 Å². The summed E-state index contributed by atoms with van der Waals surface area (Å²) in [5, 5.41) is 18.3. The smallest absolute Gasteiger partial charge is 0.337 e. The van der Waals surface area contributed by atoms with Crippen LogP contribution in [-0.4, -0.2) is 26.9 Å². The summed E-state index contributed by atoms with van der Waals surface area (Å²) in [4.78, 5) is 22.9. The van der Waals surface area contributed by atoms with Crippen molar-refractivity contribution in [2.24, 2.45) is 7.05 Å². The summed E-state index contributed by atoms with van der Waals surface area (Å²) >= 11 is 0. The number of hydrogen-bond donors (Lipinski definition) is 3. The lowest BCUT2D eigenvalue weighted by atomic mass is 10.2. The molecule has 0 atom stereocenters. The van der Waals surface area contributed by atoms with Crippen molar-refractivity contribution >= 4 is 17.7 Å². The fourth-order valence-electron chi connectivity index (χ4n) is 1.84. The molecular formula is C14H16N4O3. The van der Waals surface area contributed by atoms with Gasteiger partial charge in [0, 0.05) is 24.8 Å². The Morgan fingerprint density at radius 1 is 1.33 bits per heavy atom. The molecular weight excluding hydrogens is 272 g/mol. The summed E-state index contributed by atoms with van der Waals surface area (Å²) in [7, 11) is 1.82. The number of anilines is 1. The van der Waals surface area contributed by atoms with Crippen LogP contribution in [0.1, 0.15) is 21.6 Å². The van der Waals surface area contributed by atoms with Crippen molar-refractivity contribution < 1.29 is 14.7 Å². The number of aryl methyl sites for hydroxylation is 1. The number of nitrogens with one attached hydrogen (secondary N) is 2. The van der Waals surface area contributed by atoms with Crippen molar-refractivity contribution in [2.75, 3.05) is 5.32 Å². The molecule has 7 nitrogen and oxygen atoms in total. The second-order valence-electron chi connectivity index (χ2n) is 4.54. The Kier molecular flexibility index (Phi) is 4.22. The lowest BCUT2D eigenvalue weighted by Gasteiger charge is -2.09. The molecule has 0 bridgehead atoms. The Balaban J connectivity index is 1.99. The molecule has 0 saturated carbocycles. The molecule has 0 radical (unpaired) electrons. The summed E-state index contributed by atoms with van der Waals surface area (Å²) in [6.07, 6.45) is 1.68. The maximum absolute atomic E-state index is 11.8. The van der Waals surface area contributed by atoms with Gasteiger partial charge in [-0.15, -0.1) is 0 Å². The van der Waals surface area contributed by atoms with Gasteiger partial charge in [-0.2, -0.15) is 5.10 Å². The molecule has 0 fully saturated rings. The molecule has 1 heterocycles. The van der Waals surface area contributed by atoms with Gasteiger partial charge in [-0.1, -0.05) is 12.1 Å². The number of carboxylic acid groups (broad SMARTS) is 1. The number of aromatic carboxylic acids is 1. The Hall–Kier alpha value is -2.83. The van der Waals surface area contributed by atoms with Crippen LogP contribution in [0.4, 0.5) is 10.5 Å². The standard InChI is InChI=1S/C14H16N4O3/c1-9-10(8-16-18(9)2)7-15-14(21)17-12-6-4-3-5-11(12)13(19)20/h3-6,8H,7H2,1-2H3,(H,19,20)(H2,15,17,21). The molecule has 2 rings (SSSR count). The van der Waals surface area contributed by atoms with Gasteiger partial charge in [0.15, 0.2) is 0 Å². The third-order valence-corrected chi connectivity index (χ3v) is 3.18. The van der Waals surface area contributed by atoms with Crippen LogP contribution in [0, 0.1) is 6.92 Å². The van der Waals surface area contributed by atoms with Crippen LogP contribution in [0.15, 0.2) is 30.5 Å². The summed E-state index contributed by atoms with van der Waals surface area (Å²) < 4.78 is 1.72. The van der Waals surface area contributed by atoms with E-state index in [0.717, 1.165) is 11.3 Å². The minimum atomic E-state index is -1.09. The van der Waals surface area contributed by atoms with Gasteiger partial charge in [0.2, 0.25) is 0 Å². The summed E-state index contributed by atoms with van der Waals surface area (Å²) in [5.74, 6) is -1.09. The molecule has 2 aromatic rings. The van der Waals surface area contributed by atoms with Crippen LogP contribution in [0.2, 0.25) is 0 Å². The fourth-order valence-corrected chi connectivity index (χ4v) is 1.84. The van der Waals surface area contributed by atoms with Crippen molar-refractivity contribution in [3.8, 4) is 0 Å². The first kappa shape index (κ1) is 14.6. The van der Waals surface area contributed by atoms with Crippen LogP contribution >= 0.6 is 0 Å². The predicted octanol–water partition coefficient (Wildman–Crippen LogP) is 1.75. The van der Waals surface area contributed by atoms with Gasteiger partial charge >= 0.3 is 12.0 Å². The number of rotatable bonds is 4. The Morgan fingerprint density at radius 3 is 2.67 bits per heavy atom. The Bertz CT molecular complexity index is 679. The monoisotopic (exact) mass is 288 g/mol. The van der Waals surface area contributed by atoms with E-state index in [4.69, 9.17) is 5.11 Å². The van der Waals surface area contributed by atoms with Gasteiger partial charge in [-0.3, -0.25) is 4.68 Å². The van der Waals surface area contributed by atoms with E-state index in [1.807, 2.05) is 14.0 Å². The van der Waals surface area contributed by atoms with Gasteiger partial charge in [0.25, 0.3) is 0 Å². The van der Waals surface area contributed by atoms with Crippen LogP contribution in [0.25, 0.3) is 0 Å². The number of benzene rings is 1. The van der Waals surface area contributed by atoms with Crippen molar-refractivity contribution in [3.63, 3.8) is 0 Å². The number of carbonyl (C=O) groups is 2. The fraction of sp³-hybridized carbons (Fsp3) is 0.214. The molecule has 0 spiro atoms. The highest BCUT2D eigenvalue weighted by Gasteiger charge is 2.12. The average molecular weight is 288 g/mol. The van der Waals surface area contributed by atoms with Crippen molar-refractivity contribution in [3.05, 3.63) is 47.3 Å². The lowest BCUT2D eigenvalue weighted by Crippen LogP contribution is -2.29. The Labute approximate surface area is 121 Å². The number of nitrogens with zero attached hydrogens (tertiary/aromatic N) is 2. The van der Waals surface area contributed by atoms with E-state index in [-0.39, 0.29) is 11.3 Å². The second-order valence-corrected chi connectivity index (χ2v) is 4.54. The first-order valence-corrected chi connectivity index (χ1v) is 6.33. The number of carbonyl (C=O) groups excluding carboxylic acids is 1. The first-order valence-electron chi connectivity index (χ1n) is 6.33. The van der Waals surface area contributed by atoms with Crippen molar-refractivity contribution in [2.45, 2.75) is 13.5 Å². The predicted molar refractivity (Wildman–Crippen MR) is 77.2 cm³/mol. The van der Waals surface area contributed by atoms with E-state index >= 15 is 0 Å². The lowest BCUT2D eigenvalue weighted by molar-refractivity contribution is 0.0698. The molecule has 7 heteroatoms. The minimum absolute atomic E-state index is 0.0465. The van der Waals surface area contributed by atoms with Gasteiger partial charge in [0.1, 0.15) is 0 Å². The number of aromatic nitrogens is 2. The normalized spacial score (nSPS) is 10.2. The van der Waals surface area contributed by atoms with Crippen LogP contribution < -0.4 is 10.6 Å². The zero-order valence-electron chi connectivity index (χ0n) is 11.8. The molecule has 1 aromatic heterocycles. The van der Waals surface area contributed by atoms with Crippen molar-refractivity contribution in [1.82, 2.24) is 15.1 Å². The average Bonchev–Trinajstić information content (AvgIpc) is 2.77. The van der Waals surface area contributed by atoms with E-state index in [1.165, 1.54) is 6.07 Å². The van der Waals surface area contributed by atoms with Gasteiger partial charge < -0.3 is 15.7 Å². The number of amides is 2. The van der Waals surface area contributed by atoms with E-state index in [2.05, 4.69) is 15.7 Å². The molecule has 0 aliphatic heterocycles. The van der Waals surface area contributed by atoms with Crippen LogP contribution in [-0.2, 0) is 13.6 Å². The molecule has 3 N–H and O–H groups in total. The van der Waals surface area contributed by atoms with Gasteiger partial charge in [-0.05, 0) is 19.1 Å². The quantitative estimate of drug-likeness (QED) is 0.798. The van der Waals surface area contributed by atoms with Crippen LogP contribution in [0.5, 0.6) is 0 Å². The van der Waals surface area contributed by atoms with E-state index in [9.17, 15) is 9.59 Å². The zero-order chi connectivity index (χ0) is 15.4. The molecule has 21 heavy (non-hydrogen) atoms. The largest absolute Gasteiger partial charge is 0.478 e. The Morgan fingerprint density at radius 2 is 2.05 bits per heavy atom. The zero-order valence-corrected chi connectivity index (χ0v) is 11.8. The SMILES string of the molecule is Cc1c(CNC(=O)Nc2ccccc2C(=O)O)cnn1C. The molecule has 0 aliphatic rings. The van der Waals surface area contributed by atoms with E-state index in [1.54, 1.807) is 29.1 Å². The maximum atomic E-state index is 11.8. The number of urea groups is 1. The van der Waals surface area contributed by atoms with Crippen LogP contribution in [0.3, 0.4) is 0 Å². The highest BCUT2D eigenvalue weighted by Crippen LogP contribution is 2.14. The number of carboxylic acids is 1. The molecule has 0 unspecified atom stereocenters. The molecule has 1 aromatic carbocycles.